The predicted octanol–water partition coefficient (Wildman–Crippen LogP) is 3.35. The SMILES string of the molecule is O=C(NCCc1nnc2n1CCCCC2)c1ccccc1C(=O)c1ccc(F)cc1. The molecule has 1 N–H and O–H groups in total. The van der Waals surface area contributed by atoms with Crippen LogP contribution in [0.15, 0.2) is 48.5 Å². The highest BCUT2D eigenvalue weighted by Gasteiger charge is 2.19. The van der Waals surface area contributed by atoms with Crippen LogP contribution < -0.4 is 5.32 Å². The quantitative estimate of drug-likeness (QED) is 0.637. The van der Waals surface area contributed by atoms with Crippen molar-refractivity contribution in [2.75, 3.05) is 6.54 Å². The standard InChI is InChI=1S/C23H23FN4O2/c24-17-11-9-16(10-12-17)22(29)18-6-3-4-7-19(18)23(30)25-14-13-21-27-26-20-8-2-1-5-15-28(20)21/h3-4,6-7,9-12H,1-2,5,8,13-15H2,(H,25,30). The van der Waals surface area contributed by atoms with Crippen molar-refractivity contribution in [2.24, 2.45) is 0 Å². The summed E-state index contributed by atoms with van der Waals surface area (Å²) in [5.74, 6) is 0.844. The number of aryl methyl sites for hydroxylation is 1. The lowest BCUT2D eigenvalue weighted by Gasteiger charge is -2.10. The Balaban J connectivity index is 1.44. The molecule has 0 aliphatic carbocycles. The summed E-state index contributed by atoms with van der Waals surface area (Å²) in [6.07, 6.45) is 4.96. The molecule has 1 amide bonds. The number of ketones is 1. The van der Waals surface area contributed by atoms with E-state index in [1.165, 1.54) is 30.7 Å². The van der Waals surface area contributed by atoms with Crippen LogP contribution in [0.5, 0.6) is 0 Å². The molecule has 6 nitrogen and oxygen atoms in total. The van der Waals surface area contributed by atoms with Gasteiger partial charge in [0, 0.05) is 37.1 Å². The molecule has 2 aromatic carbocycles. The van der Waals surface area contributed by atoms with E-state index in [9.17, 15) is 14.0 Å². The number of benzene rings is 2. The second-order valence-electron chi connectivity index (χ2n) is 7.38. The van der Waals surface area contributed by atoms with E-state index in [-0.39, 0.29) is 17.3 Å². The van der Waals surface area contributed by atoms with Gasteiger partial charge in [0.1, 0.15) is 17.5 Å². The number of nitrogens with one attached hydrogen (secondary N) is 1. The first kappa shape index (κ1) is 19.9. The molecule has 7 heteroatoms. The summed E-state index contributed by atoms with van der Waals surface area (Å²) in [5, 5.41) is 11.4. The molecule has 30 heavy (non-hydrogen) atoms. The summed E-state index contributed by atoms with van der Waals surface area (Å²) in [7, 11) is 0. The van der Waals surface area contributed by atoms with E-state index in [2.05, 4.69) is 20.1 Å². The number of carbonyl (C=O) groups excluding carboxylic acids is 2. The van der Waals surface area contributed by atoms with Gasteiger partial charge in [0.25, 0.3) is 5.91 Å². The van der Waals surface area contributed by atoms with Crippen molar-refractivity contribution in [1.82, 2.24) is 20.1 Å². The Kier molecular flexibility index (Phi) is 5.97. The Bertz CT molecular complexity index is 1060. The van der Waals surface area contributed by atoms with E-state index in [0.717, 1.165) is 37.5 Å². The third-order valence-corrected chi connectivity index (χ3v) is 5.34. The molecule has 0 radical (unpaired) electrons. The van der Waals surface area contributed by atoms with Crippen LogP contribution in [0.3, 0.4) is 0 Å². The van der Waals surface area contributed by atoms with Gasteiger partial charge < -0.3 is 9.88 Å². The number of aromatic nitrogens is 3. The minimum atomic E-state index is -0.413. The summed E-state index contributed by atoms with van der Waals surface area (Å²) in [5.41, 5.74) is 0.924. The van der Waals surface area contributed by atoms with Gasteiger partial charge in [-0.3, -0.25) is 9.59 Å². The Morgan fingerprint density at radius 1 is 0.967 bits per heavy atom. The number of hydrogen-bond donors (Lipinski definition) is 1. The maximum atomic E-state index is 13.2. The van der Waals surface area contributed by atoms with Crippen LogP contribution in [-0.2, 0) is 19.4 Å². The maximum Gasteiger partial charge on any atom is 0.252 e. The molecular weight excluding hydrogens is 383 g/mol. The Hall–Kier alpha value is -3.35. The van der Waals surface area contributed by atoms with E-state index >= 15 is 0 Å². The molecule has 3 aromatic rings. The van der Waals surface area contributed by atoms with Crippen LogP contribution in [0.1, 0.15) is 57.2 Å². The minimum Gasteiger partial charge on any atom is -0.352 e. The Morgan fingerprint density at radius 2 is 1.73 bits per heavy atom. The first-order valence-electron chi connectivity index (χ1n) is 10.2. The second kappa shape index (κ2) is 8.98. The number of nitrogens with zero attached hydrogens (tertiary/aromatic N) is 3. The fourth-order valence-corrected chi connectivity index (χ4v) is 3.75. The van der Waals surface area contributed by atoms with Crippen LogP contribution in [0, 0.1) is 5.82 Å². The number of halogens is 1. The molecular formula is C23H23FN4O2. The lowest BCUT2D eigenvalue weighted by Crippen LogP contribution is -2.28. The van der Waals surface area contributed by atoms with Gasteiger partial charge in [-0.25, -0.2) is 4.39 Å². The van der Waals surface area contributed by atoms with E-state index in [1.54, 1.807) is 24.3 Å². The number of amides is 1. The van der Waals surface area contributed by atoms with E-state index in [4.69, 9.17) is 0 Å². The zero-order valence-electron chi connectivity index (χ0n) is 16.6. The number of hydrogen-bond acceptors (Lipinski definition) is 4. The lowest BCUT2D eigenvalue weighted by molar-refractivity contribution is 0.0942. The van der Waals surface area contributed by atoms with Crippen LogP contribution in [0.2, 0.25) is 0 Å². The molecule has 0 saturated heterocycles. The van der Waals surface area contributed by atoms with Gasteiger partial charge in [0.05, 0.1) is 5.56 Å². The van der Waals surface area contributed by atoms with E-state index < -0.39 is 5.82 Å². The molecule has 154 valence electrons. The minimum absolute atomic E-state index is 0.290. The molecule has 0 spiro atoms. The summed E-state index contributed by atoms with van der Waals surface area (Å²) in [6, 6.07) is 12.0. The highest BCUT2D eigenvalue weighted by Crippen LogP contribution is 2.16. The molecule has 0 unspecified atom stereocenters. The zero-order valence-corrected chi connectivity index (χ0v) is 16.6. The number of rotatable bonds is 6. The van der Waals surface area contributed by atoms with Crippen molar-refractivity contribution in [3.63, 3.8) is 0 Å². The van der Waals surface area contributed by atoms with Crippen molar-refractivity contribution in [2.45, 2.75) is 38.6 Å². The molecule has 1 aliphatic heterocycles. The molecule has 0 fully saturated rings. The maximum absolute atomic E-state index is 13.2. The second-order valence-corrected chi connectivity index (χ2v) is 7.38. The summed E-state index contributed by atoms with van der Waals surface area (Å²) in [4.78, 5) is 25.6. The van der Waals surface area contributed by atoms with Crippen LogP contribution in [-0.4, -0.2) is 33.0 Å². The van der Waals surface area contributed by atoms with Crippen molar-refractivity contribution >= 4 is 11.7 Å². The van der Waals surface area contributed by atoms with Gasteiger partial charge in [-0.2, -0.15) is 0 Å². The van der Waals surface area contributed by atoms with Gasteiger partial charge in [-0.05, 0) is 43.2 Å². The first-order valence-corrected chi connectivity index (χ1v) is 10.2. The van der Waals surface area contributed by atoms with Gasteiger partial charge in [0.15, 0.2) is 5.78 Å². The molecule has 0 atom stereocenters. The molecule has 4 rings (SSSR count). The Morgan fingerprint density at radius 3 is 2.53 bits per heavy atom. The molecule has 1 aromatic heterocycles. The van der Waals surface area contributed by atoms with Crippen LogP contribution >= 0.6 is 0 Å². The summed E-state index contributed by atoms with van der Waals surface area (Å²) >= 11 is 0. The van der Waals surface area contributed by atoms with Gasteiger partial charge in [-0.15, -0.1) is 10.2 Å². The third-order valence-electron chi connectivity index (χ3n) is 5.34. The number of fused-ring (bicyclic) bond motifs is 1. The normalized spacial score (nSPS) is 13.4. The van der Waals surface area contributed by atoms with Crippen molar-refractivity contribution in [1.29, 1.82) is 0 Å². The lowest BCUT2D eigenvalue weighted by atomic mass is 9.98. The van der Waals surface area contributed by atoms with E-state index in [1.807, 2.05) is 0 Å². The largest absolute Gasteiger partial charge is 0.352 e. The van der Waals surface area contributed by atoms with E-state index in [0.29, 0.717) is 24.1 Å². The zero-order chi connectivity index (χ0) is 20.9. The fourth-order valence-electron chi connectivity index (χ4n) is 3.75. The molecule has 2 heterocycles. The average molecular weight is 406 g/mol. The topological polar surface area (TPSA) is 76.9 Å². The average Bonchev–Trinajstić information content (AvgIpc) is 2.99. The fraction of sp³-hybridized carbons (Fsp3) is 0.304. The third kappa shape index (κ3) is 4.30. The highest BCUT2D eigenvalue weighted by molar-refractivity contribution is 6.15. The first-order chi connectivity index (χ1) is 14.6. The van der Waals surface area contributed by atoms with Crippen molar-refractivity contribution < 1.29 is 14.0 Å². The summed E-state index contributed by atoms with van der Waals surface area (Å²) < 4.78 is 15.3. The van der Waals surface area contributed by atoms with Crippen LogP contribution in [0.25, 0.3) is 0 Å². The van der Waals surface area contributed by atoms with Crippen molar-refractivity contribution in [3.8, 4) is 0 Å². The smallest absolute Gasteiger partial charge is 0.252 e. The monoisotopic (exact) mass is 406 g/mol. The Labute approximate surface area is 174 Å². The molecule has 0 bridgehead atoms. The number of carbonyl (C=O) groups is 2. The molecule has 0 saturated carbocycles. The molecule has 1 aliphatic rings. The summed E-state index contributed by atoms with van der Waals surface area (Å²) in [6.45, 7) is 1.32. The van der Waals surface area contributed by atoms with Gasteiger partial charge >= 0.3 is 0 Å². The van der Waals surface area contributed by atoms with Gasteiger partial charge in [-0.1, -0.05) is 24.6 Å². The van der Waals surface area contributed by atoms with Crippen molar-refractivity contribution in [3.05, 3.63) is 82.7 Å². The van der Waals surface area contributed by atoms with Gasteiger partial charge in [0.2, 0.25) is 0 Å². The predicted molar refractivity (Wildman–Crippen MR) is 110 cm³/mol. The highest BCUT2D eigenvalue weighted by atomic mass is 19.1. The van der Waals surface area contributed by atoms with Crippen LogP contribution in [0.4, 0.5) is 4.39 Å².